The van der Waals surface area contributed by atoms with Gasteiger partial charge in [-0.15, -0.1) is 11.8 Å². The van der Waals surface area contributed by atoms with Crippen molar-refractivity contribution in [1.82, 2.24) is 0 Å². The first-order valence-electron chi connectivity index (χ1n) is 4.60. The van der Waals surface area contributed by atoms with Crippen molar-refractivity contribution in [3.05, 3.63) is 18.2 Å². The Balaban J connectivity index is 2.83. The molecule has 0 aliphatic heterocycles. The van der Waals surface area contributed by atoms with Crippen LogP contribution in [-0.2, 0) is 4.79 Å². The number of ether oxygens (including phenoxy) is 1. The van der Waals surface area contributed by atoms with Crippen LogP contribution < -0.4 is 10.1 Å². The van der Waals surface area contributed by atoms with Crippen molar-refractivity contribution >= 4 is 23.4 Å². The van der Waals surface area contributed by atoms with Crippen LogP contribution in [0.1, 0.15) is 6.42 Å². The van der Waals surface area contributed by atoms with Gasteiger partial charge in [-0.2, -0.15) is 5.26 Å². The van der Waals surface area contributed by atoms with Gasteiger partial charge < -0.3 is 10.1 Å². The van der Waals surface area contributed by atoms with Gasteiger partial charge >= 0.3 is 0 Å². The Morgan fingerprint density at radius 1 is 1.62 bits per heavy atom. The smallest absolute Gasteiger partial charge is 0.238 e. The molecule has 0 bridgehead atoms. The van der Waals surface area contributed by atoms with Crippen molar-refractivity contribution in [3.8, 4) is 11.8 Å². The highest BCUT2D eigenvalue weighted by atomic mass is 32.2. The SMILES string of the molecule is COc1cc(NC(=O)CC#N)ccc1SC. The molecule has 0 unspecified atom stereocenters. The second kappa shape index (κ2) is 6.03. The minimum absolute atomic E-state index is 0.146. The zero-order valence-electron chi connectivity index (χ0n) is 9.11. The maximum Gasteiger partial charge on any atom is 0.238 e. The number of thioether (sulfide) groups is 1. The van der Waals surface area contributed by atoms with Crippen LogP contribution in [0.3, 0.4) is 0 Å². The molecule has 0 fully saturated rings. The number of nitriles is 1. The third kappa shape index (κ3) is 3.17. The van der Waals surface area contributed by atoms with E-state index in [4.69, 9.17) is 10.00 Å². The summed E-state index contributed by atoms with van der Waals surface area (Å²) in [5.41, 5.74) is 0.634. The van der Waals surface area contributed by atoms with Crippen LogP contribution in [0.25, 0.3) is 0 Å². The van der Waals surface area contributed by atoms with Crippen LogP contribution in [-0.4, -0.2) is 19.3 Å². The average Bonchev–Trinajstić information content (AvgIpc) is 2.29. The van der Waals surface area contributed by atoms with E-state index in [0.29, 0.717) is 11.4 Å². The summed E-state index contributed by atoms with van der Waals surface area (Å²) in [5.74, 6) is 0.392. The highest BCUT2D eigenvalue weighted by molar-refractivity contribution is 7.98. The van der Waals surface area contributed by atoms with Crippen LogP contribution >= 0.6 is 11.8 Å². The number of hydrogen-bond acceptors (Lipinski definition) is 4. The molecule has 1 amide bonds. The number of nitrogens with one attached hydrogen (secondary N) is 1. The molecule has 0 radical (unpaired) electrons. The van der Waals surface area contributed by atoms with E-state index in [9.17, 15) is 4.79 Å². The monoisotopic (exact) mass is 236 g/mol. The fraction of sp³-hybridized carbons (Fsp3) is 0.273. The number of nitrogens with zero attached hydrogens (tertiary/aromatic N) is 1. The molecule has 0 atom stereocenters. The first-order chi connectivity index (χ1) is 7.71. The van der Waals surface area contributed by atoms with Gasteiger partial charge in [-0.05, 0) is 18.4 Å². The summed E-state index contributed by atoms with van der Waals surface area (Å²) in [4.78, 5) is 12.2. The molecule has 0 saturated heterocycles. The molecule has 1 aromatic rings. The highest BCUT2D eigenvalue weighted by Crippen LogP contribution is 2.30. The fourth-order valence-corrected chi connectivity index (χ4v) is 1.74. The summed E-state index contributed by atoms with van der Waals surface area (Å²) < 4.78 is 5.18. The van der Waals surface area contributed by atoms with Crippen molar-refractivity contribution in [2.24, 2.45) is 0 Å². The fourth-order valence-electron chi connectivity index (χ4n) is 1.19. The quantitative estimate of drug-likeness (QED) is 0.814. The van der Waals surface area contributed by atoms with E-state index in [1.165, 1.54) is 0 Å². The number of anilines is 1. The number of carbonyl (C=O) groups is 1. The van der Waals surface area contributed by atoms with Gasteiger partial charge in [-0.3, -0.25) is 4.79 Å². The summed E-state index contributed by atoms with van der Waals surface area (Å²) in [6.45, 7) is 0. The summed E-state index contributed by atoms with van der Waals surface area (Å²) in [6.07, 6.45) is 1.80. The molecule has 1 rings (SSSR count). The van der Waals surface area contributed by atoms with Crippen molar-refractivity contribution in [1.29, 1.82) is 5.26 Å². The molecule has 84 valence electrons. The Morgan fingerprint density at radius 2 is 2.38 bits per heavy atom. The topological polar surface area (TPSA) is 62.1 Å². The lowest BCUT2D eigenvalue weighted by atomic mass is 10.3. The van der Waals surface area contributed by atoms with Crippen LogP contribution in [0.4, 0.5) is 5.69 Å². The summed E-state index contributed by atoms with van der Waals surface area (Å²) in [6, 6.07) is 7.18. The molecule has 0 aliphatic carbocycles. The van der Waals surface area contributed by atoms with Gasteiger partial charge in [0, 0.05) is 16.6 Å². The lowest BCUT2D eigenvalue weighted by molar-refractivity contribution is -0.115. The van der Waals surface area contributed by atoms with Crippen LogP contribution in [0, 0.1) is 11.3 Å². The van der Waals surface area contributed by atoms with E-state index in [0.717, 1.165) is 4.90 Å². The molecule has 4 nitrogen and oxygen atoms in total. The predicted octanol–water partition coefficient (Wildman–Crippen LogP) is 2.27. The maximum atomic E-state index is 11.2. The molecule has 1 N–H and O–H groups in total. The van der Waals surface area contributed by atoms with Crippen LogP contribution in [0.2, 0.25) is 0 Å². The summed E-state index contributed by atoms with van der Waals surface area (Å²) in [5, 5.41) is 11.0. The number of rotatable bonds is 4. The third-order valence-electron chi connectivity index (χ3n) is 1.91. The Kier molecular flexibility index (Phi) is 4.67. The summed E-state index contributed by atoms with van der Waals surface area (Å²) >= 11 is 1.57. The molecule has 16 heavy (non-hydrogen) atoms. The third-order valence-corrected chi connectivity index (χ3v) is 2.68. The normalized spacial score (nSPS) is 9.31. The molecule has 1 aromatic carbocycles. The molecule has 0 spiro atoms. The lowest BCUT2D eigenvalue weighted by Crippen LogP contribution is -2.10. The second-order valence-corrected chi connectivity index (χ2v) is 3.80. The number of methoxy groups -OCH3 is 1. The molecule has 0 aliphatic rings. The average molecular weight is 236 g/mol. The highest BCUT2D eigenvalue weighted by Gasteiger charge is 2.05. The van der Waals surface area contributed by atoms with Gasteiger partial charge in [0.25, 0.3) is 0 Å². The van der Waals surface area contributed by atoms with Crippen molar-refractivity contribution in [2.75, 3.05) is 18.7 Å². The van der Waals surface area contributed by atoms with Crippen molar-refractivity contribution in [3.63, 3.8) is 0 Å². The van der Waals surface area contributed by atoms with E-state index < -0.39 is 0 Å². The van der Waals surface area contributed by atoms with E-state index in [1.807, 2.05) is 12.3 Å². The first kappa shape index (κ1) is 12.4. The Morgan fingerprint density at radius 3 is 2.94 bits per heavy atom. The Labute approximate surface area is 98.6 Å². The van der Waals surface area contributed by atoms with E-state index in [-0.39, 0.29) is 12.3 Å². The summed E-state index contributed by atoms with van der Waals surface area (Å²) in [7, 11) is 1.58. The molecule has 5 heteroatoms. The van der Waals surface area contributed by atoms with Gasteiger partial charge in [0.2, 0.25) is 5.91 Å². The van der Waals surface area contributed by atoms with Gasteiger partial charge in [0.1, 0.15) is 12.2 Å². The number of hydrogen-bond donors (Lipinski definition) is 1. The lowest BCUT2D eigenvalue weighted by Gasteiger charge is -2.09. The van der Waals surface area contributed by atoms with Crippen molar-refractivity contribution in [2.45, 2.75) is 11.3 Å². The predicted molar refractivity (Wildman–Crippen MR) is 63.6 cm³/mol. The number of benzene rings is 1. The molecule has 0 saturated carbocycles. The van der Waals surface area contributed by atoms with Crippen LogP contribution in [0.5, 0.6) is 5.75 Å². The molecular weight excluding hydrogens is 224 g/mol. The Bertz CT molecular complexity index is 426. The largest absolute Gasteiger partial charge is 0.496 e. The molecule has 0 aromatic heterocycles. The van der Waals surface area contributed by atoms with Gasteiger partial charge in [0.15, 0.2) is 0 Å². The van der Waals surface area contributed by atoms with E-state index >= 15 is 0 Å². The number of carbonyl (C=O) groups excluding carboxylic acids is 1. The van der Waals surface area contributed by atoms with Gasteiger partial charge in [0.05, 0.1) is 13.2 Å². The van der Waals surface area contributed by atoms with Crippen molar-refractivity contribution < 1.29 is 9.53 Å². The standard InChI is InChI=1S/C11H12N2O2S/c1-15-9-7-8(3-4-10(9)16-2)13-11(14)5-6-12/h3-4,7H,5H2,1-2H3,(H,13,14). The Hall–Kier alpha value is -1.67. The second-order valence-electron chi connectivity index (χ2n) is 2.95. The minimum Gasteiger partial charge on any atom is -0.496 e. The number of amides is 1. The van der Waals surface area contributed by atoms with E-state index in [2.05, 4.69) is 5.32 Å². The van der Waals surface area contributed by atoms with Crippen LogP contribution in [0.15, 0.2) is 23.1 Å². The van der Waals surface area contributed by atoms with Gasteiger partial charge in [-0.1, -0.05) is 0 Å². The molecule has 0 heterocycles. The zero-order valence-corrected chi connectivity index (χ0v) is 9.93. The maximum absolute atomic E-state index is 11.2. The minimum atomic E-state index is -0.318. The first-order valence-corrected chi connectivity index (χ1v) is 5.82. The molecular formula is C11H12N2O2S. The van der Waals surface area contributed by atoms with E-state index in [1.54, 1.807) is 37.1 Å². The zero-order chi connectivity index (χ0) is 12.0. The van der Waals surface area contributed by atoms with Gasteiger partial charge in [-0.25, -0.2) is 0 Å².